The van der Waals surface area contributed by atoms with E-state index in [-0.39, 0.29) is 5.56 Å². The van der Waals surface area contributed by atoms with Gasteiger partial charge in [0.15, 0.2) is 0 Å². The molecule has 0 radical (unpaired) electrons. The number of para-hydroxylation sites is 2. The molecule has 0 bridgehead atoms. The van der Waals surface area contributed by atoms with E-state index in [2.05, 4.69) is 15.3 Å². The van der Waals surface area contributed by atoms with Crippen LogP contribution in [0.3, 0.4) is 0 Å². The van der Waals surface area contributed by atoms with Crippen molar-refractivity contribution < 1.29 is 4.74 Å². The molecule has 0 aliphatic rings. The number of hydrogen-bond acceptors (Lipinski definition) is 4. The van der Waals surface area contributed by atoms with Gasteiger partial charge in [0, 0.05) is 17.0 Å². The number of aromatic nitrogens is 2. The van der Waals surface area contributed by atoms with Crippen molar-refractivity contribution in [3.8, 4) is 5.75 Å². The van der Waals surface area contributed by atoms with Crippen LogP contribution in [-0.4, -0.2) is 16.6 Å². The molecule has 134 valence electrons. The number of benzene rings is 2. The van der Waals surface area contributed by atoms with Gasteiger partial charge in [0.2, 0.25) is 5.95 Å². The first-order valence-corrected chi connectivity index (χ1v) is 8.77. The summed E-state index contributed by atoms with van der Waals surface area (Å²) in [6, 6.07) is 15.0. The monoisotopic (exact) mass is 369 g/mol. The summed E-state index contributed by atoms with van der Waals surface area (Å²) in [6.07, 6.45) is 0.501. The van der Waals surface area contributed by atoms with Gasteiger partial charge in [-0.15, -0.1) is 0 Å². The van der Waals surface area contributed by atoms with Gasteiger partial charge in [-0.3, -0.25) is 9.78 Å². The Morgan fingerprint density at radius 2 is 1.88 bits per heavy atom. The number of H-pyrrole nitrogens is 1. The quantitative estimate of drug-likeness (QED) is 0.673. The molecule has 0 spiro atoms. The topological polar surface area (TPSA) is 67.0 Å². The summed E-state index contributed by atoms with van der Waals surface area (Å²) >= 11 is 5.91. The lowest BCUT2D eigenvalue weighted by atomic mass is 10.1. The predicted molar refractivity (Wildman–Crippen MR) is 105 cm³/mol. The fourth-order valence-corrected chi connectivity index (χ4v) is 2.79. The Morgan fingerprint density at radius 1 is 1.15 bits per heavy atom. The van der Waals surface area contributed by atoms with Crippen LogP contribution in [0.4, 0.5) is 11.6 Å². The molecule has 0 aliphatic heterocycles. The zero-order chi connectivity index (χ0) is 18.5. The molecule has 0 aliphatic carbocycles. The minimum Gasteiger partial charge on any atom is -0.492 e. The Bertz CT molecular complexity index is 952. The van der Waals surface area contributed by atoms with Crippen molar-refractivity contribution in [2.75, 3.05) is 11.9 Å². The van der Waals surface area contributed by atoms with E-state index in [1.54, 1.807) is 0 Å². The predicted octanol–water partition coefficient (Wildman–Crippen LogP) is 4.46. The van der Waals surface area contributed by atoms with Gasteiger partial charge in [0.25, 0.3) is 5.56 Å². The second-order valence-corrected chi connectivity index (χ2v) is 6.27. The van der Waals surface area contributed by atoms with E-state index in [1.165, 1.54) is 0 Å². The zero-order valence-corrected chi connectivity index (χ0v) is 15.4. The van der Waals surface area contributed by atoms with Crippen LogP contribution in [0.25, 0.3) is 0 Å². The summed E-state index contributed by atoms with van der Waals surface area (Å²) in [6.45, 7) is 4.31. The molecule has 6 heteroatoms. The van der Waals surface area contributed by atoms with E-state index in [9.17, 15) is 4.79 Å². The SMILES string of the molecule is CCOc1ccccc1Nc1nc(C)c(Cc2ccc(Cl)cc2)c(=O)[nH]1. The Kier molecular flexibility index (Phi) is 5.58. The van der Waals surface area contributed by atoms with Crippen LogP contribution >= 0.6 is 11.6 Å². The average Bonchev–Trinajstić information content (AvgIpc) is 2.62. The summed E-state index contributed by atoms with van der Waals surface area (Å²) in [5, 5.41) is 3.80. The van der Waals surface area contributed by atoms with E-state index in [1.807, 2.05) is 62.4 Å². The fraction of sp³-hybridized carbons (Fsp3) is 0.200. The highest BCUT2D eigenvalue weighted by molar-refractivity contribution is 6.30. The molecule has 0 amide bonds. The molecule has 0 saturated heterocycles. The van der Waals surface area contributed by atoms with Crippen molar-refractivity contribution in [2.24, 2.45) is 0 Å². The summed E-state index contributed by atoms with van der Waals surface area (Å²) in [4.78, 5) is 19.8. The molecule has 5 nitrogen and oxygen atoms in total. The second-order valence-electron chi connectivity index (χ2n) is 5.84. The number of aryl methyl sites for hydroxylation is 1. The van der Waals surface area contributed by atoms with Gasteiger partial charge >= 0.3 is 0 Å². The van der Waals surface area contributed by atoms with Gasteiger partial charge in [0.1, 0.15) is 5.75 Å². The molecule has 3 aromatic rings. The zero-order valence-electron chi connectivity index (χ0n) is 14.7. The molecule has 0 unspecified atom stereocenters. The fourth-order valence-electron chi connectivity index (χ4n) is 2.66. The maximum Gasteiger partial charge on any atom is 0.256 e. The molecule has 26 heavy (non-hydrogen) atoms. The molecule has 3 rings (SSSR count). The number of nitrogens with zero attached hydrogens (tertiary/aromatic N) is 1. The molecule has 2 N–H and O–H groups in total. The highest BCUT2D eigenvalue weighted by Crippen LogP contribution is 2.26. The van der Waals surface area contributed by atoms with E-state index in [0.29, 0.717) is 41.0 Å². The van der Waals surface area contributed by atoms with Gasteiger partial charge in [-0.05, 0) is 43.7 Å². The number of nitrogens with one attached hydrogen (secondary N) is 2. The van der Waals surface area contributed by atoms with Gasteiger partial charge in [-0.1, -0.05) is 35.9 Å². The number of ether oxygens (including phenoxy) is 1. The molecular formula is C20H20ClN3O2. The largest absolute Gasteiger partial charge is 0.492 e. The standard InChI is InChI=1S/C20H20ClN3O2/c1-3-26-18-7-5-4-6-17(18)23-20-22-13(2)16(19(25)24-20)12-14-8-10-15(21)11-9-14/h4-11H,3,12H2,1-2H3,(H2,22,23,24,25). The molecular weight excluding hydrogens is 350 g/mol. The van der Waals surface area contributed by atoms with Crippen molar-refractivity contribution >= 4 is 23.2 Å². The lowest BCUT2D eigenvalue weighted by Gasteiger charge is -2.13. The Morgan fingerprint density at radius 3 is 2.58 bits per heavy atom. The molecule has 1 aromatic heterocycles. The number of rotatable bonds is 6. The maximum absolute atomic E-state index is 12.5. The highest BCUT2D eigenvalue weighted by Gasteiger charge is 2.11. The van der Waals surface area contributed by atoms with Crippen LogP contribution in [0.5, 0.6) is 5.75 Å². The lowest BCUT2D eigenvalue weighted by molar-refractivity contribution is 0.342. The van der Waals surface area contributed by atoms with Crippen molar-refractivity contribution in [1.82, 2.24) is 9.97 Å². The summed E-state index contributed by atoms with van der Waals surface area (Å²) in [5.41, 5.74) is 2.91. The van der Waals surface area contributed by atoms with Gasteiger partial charge < -0.3 is 10.1 Å². The smallest absolute Gasteiger partial charge is 0.256 e. The van der Waals surface area contributed by atoms with Crippen molar-refractivity contribution in [3.05, 3.63) is 80.7 Å². The number of aromatic amines is 1. The third kappa shape index (κ3) is 4.24. The number of halogens is 1. The van der Waals surface area contributed by atoms with Crippen LogP contribution in [0, 0.1) is 6.92 Å². The van der Waals surface area contributed by atoms with Crippen LogP contribution in [0.1, 0.15) is 23.7 Å². The third-order valence-corrected chi connectivity index (χ3v) is 4.21. The van der Waals surface area contributed by atoms with Crippen molar-refractivity contribution in [2.45, 2.75) is 20.3 Å². The first kappa shape index (κ1) is 18.0. The van der Waals surface area contributed by atoms with E-state index in [4.69, 9.17) is 16.3 Å². The van der Waals surface area contributed by atoms with E-state index >= 15 is 0 Å². The van der Waals surface area contributed by atoms with Crippen molar-refractivity contribution in [3.63, 3.8) is 0 Å². The Balaban J connectivity index is 1.85. The minimum absolute atomic E-state index is 0.163. The Hall–Kier alpha value is -2.79. The summed E-state index contributed by atoms with van der Waals surface area (Å²) in [7, 11) is 0. The molecule has 2 aromatic carbocycles. The van der Waals surface area contributed by atoms with Gasteiger partial charge in [0.05, 0.1) is 18.0 Å². The Labute approximate surface area is 157 Å². The first-order valence-electron chi connectivity index (χ1n) is 8.40. The number of anilines is 2. The first-order chi connectivity index (χ1) is 12.6. The van der Waals surface area contributed by atoms with E-state index in [0.717, 1.165) is 11.3 Å². The van der Waals surface area contributed by atoms with Crippen molar-refractivity contribution in [1.29, 1.82) is 0 Å². The molecule has 1 heterocycles. The molecule has 0 fully saturated rings. The van der Waals surface area contributed by atoms with Crippen LogP contribution in [-0.2, 0) is 6.42 Å². The summed E-state index contributed by atoms with van der Waals surface area (Å²) in [5.74, 6) is 1.10. The van der Waals surface area contributed by atoms with E-state index < -0.39 is 0 Å². The van der Waals surface area contributed by atoms with Gasteiger partial charge in [-0.2, -0.15) is 0 Å². The van der Waals surface area contributed by atoms with Gasteiger partial charge in [-0.25, -0.2) is 4.98 Å². The van der Waals surface area contributed by atoms with Crippen LogP contribution in [0.2, 0.25) is 5.02 Å². The number of hydrogen-bond donors (Lipinski definition) is 2. The summed E-state index contributed by atoms with van der Waals surface area (Å²) < 4.78 is 5.59. The van der Waals surface area contributed by atoms with Crippen LogP contribution < -0.4 is 15.6 Å². The second kappa shape index (κ2) is 8.06. The molecule has 0 atom stereocenters. The molecule has 0 saturated carbocycles. The minimum atomic E-state index is -0.163. The normalized spacial score (nSPS) is 10.6. The lowest BCUT2D eigenvalue weighted by Crippen LogP contribution is -2.18. The average molecular weight is 370 g/mol. The maximum atomic E-state index is 12.5. The third-order valence-electron chi connectivity index (χ3n) is 3.96. The van der Waals surface area contributed by atoms with Crippen LogP contribution in [0.15, 0.2) is 53.3 Å². The highest BCUT2D eigenvalue weighted by atomic mass is 35.5.